The molecule has 1 aromatic carbocycles. The predicted octanol–water partition coefficient (Wildman–Crippen LogP) is 0.905. The van der Waals surface area contributed by atoms with Crippen molar-refractivity contribution in [3.63, 3.8) is 0 Å². The third-order valence-electron chi connectivity index (χ3n) is 4.91. The normalized spacial score (nSPS) is 21.5. The minimum absolute atomic E-state index is 0.266. The van der Waals surface area contributed by atoms with Crippen LogP contribution in [-0.2, 0) is 14.4 Å². The molecule has 2 aliphatic rings. The summed E-state index contributed by atoms with van der Waals surface area (Å²) in [6.45, 7) is 0.773. The van der Waals surface area contributed by atoms with E-state index in [4.69, 9.17) is 0 Å². The summed E-state index contributed by atoms with van der Waals surface area (Å²) in [5.74, 6) is -1.41. The van der Waals surface area contributed by atoms with Crippen molar-refractivity contribution >= 4 is 17.7 Å². The molecule has 6 nitrogen and oxygen atoms in total. The first-order valence-corrected chi connectivity index (χ1v) is 7.94. The van der Waals surface area contributed by atoms with Crippen molar-refractivity contribution in [3.05, 3.63) is 35.6 Å². The quantitative estimate of drug-likeness (QED) is 0.787. The highest BCUT2D eigenvalue weighted by molar-refractivity contribution is 5.98. The molecule has 2 aliphatic heterocycles. The molecule has 3 rings (SSSR count). The number of benzene rings is 1. The van der Waals surface area contributed by atoms with Crippen molar-refractivity contribution in [3.8, 4) is 0 Å². The summed E-state index contributed by atoms with van der Waals surface area (Å²) in [5, 5.41) is 12.5. The van der Waals surface area contributed by atoms with Crippen LogP contribution < -0.4 is 5.32 Å². The van der Waals surface area contributed by atoms with E-state index in [1.165, 1.54) is 29.2 Å². The van der Waals surface area contributed by atoms with Crippen LogP contribution in [0, 0.1) is 11.2 Å². The maximum absolute atomic E-state index is 12.9. The van der Waals surface area contributed by atoms with Crippen LogP contribution in [0.2, 0.25) is 0 Å². The highest BCUT2D eigenvalue weighted by Gasteiger charge is 2.43. The molecule has 1 spiro atoms. The van der Waals surface area contributed by atoms with Crippen LogP contribution in [0.5, 0.6) is 0 Å². The Hall–Kier alpha value is -2.28. The molecule has 0 radical (unpaired) electrons. The van der Waals surface area contributed by atoms with Crippen LogP contribution >= 0.6 is 0 Å². The van der Waals surface area contributed by atoms with E-state index in [9.17, 15) is 23.9 Å². The fourth-order valence-corrected chi connectivity index (χ4v) is 3.50. The number of likely N-dealkylation sites (tertiary alicyclic amines) is 1. The van der Waals surface area contributed by atoms with Crippen LogP contribution in [0.4, 0.5) is 4.39 Å². The second-order valence-electron chi connectivity index (χ2n) is 6.60. The molecule has 7 heteroatoms. The summed E-state index contributed by atoms with van der Waals surface area (Å²) in [7, 11) is 0. The Morgan fingerprint density at radius 2 is 1.67 bits per heavy atom. The lowest BCUT2D eigenvalue weighted by Gasteiger charge is -2.43. The van der Waals surface area contributed by atoms with E-state index in [1.807, 2.05) is 0 Å². The van der Waals surface area contributed by atoms with Gasteiger partial charge in [-0.15, -0.1) is 0 Å². The largest absolute Gasteiger partial charge is 0.378 e. The topological polar surface area (TPSA) is 86.7 Å². The number of carbonyl (C=O) groups is 3. The molecule has 0 aromatic heterocycles. The van der Waals surface area contributed by atoms with Gasteiger partial charge in [0.1, 0.15) is 5.82 Å². The number of aliphatic hydroxyl groups excluding tert-OH is 1. The van der Waals surface area contributed by atoms with Crippen molar-refractivity contribution in [1.82, 2.24) is 10.2 Å². The van der Waals surface area contributed by atoms with Gasteiger partial charge in [-0.25, -0.2) is 4.39 Å². The smallest absolute Gasteiger partial charge is 0.256 e. The molecular weight excluding hydrogens is 315 g/mol. The number of rotatable bonds is 2. The fourth-order valence-electron chi connectivity index (χ4n) is 3.50. The van der Waals surface area contributed by atoms with Crippen LogP contribution in [-0.4, -0.2) is 40.8 Å². The summed E-state index contributed by atoms with van der Waals surface area (Å²) in [6.07, 6.45) is 0.348. The number of nitrogens with one attached hydrogen (secondary N) is 1. The van der Waals surface area contributed by atoms with Gasteiger partial charge in [-0.3, -0.25) is 19.7 Å². The lowest BCUT2D eigenvalue weighted by atomic mass is 9.71. The first kappa shape index (κ1) is 16.6. The van der Waals surface area contributed by atoms with E-state index >= 15 is 0 Å². The number of carbonyl (C=O) groups excluding carboxylic acids is 3. The highest BCUT2D eigenvalue weighted by Crippen LogP contribution is 2.40. The Morgan fingerprint density at radius 1 is 1.12 bits per heavy atom. The van der Waals surface area contributed by atoms with Gasteiger partial charge in [0.05, 0.1) is 0 Å². The number of nitrogens with zero attached hydrogens (tertiary/aromatic N) is 1. The Morgan fingerprint density at radius 3 is 2.21 bits per heavy atom. The third-order valence-corrected chi connectivity index (χ3v) is 4.91. The molecule has 2 fully saturated rings. The number of amides is 3. The molecular formula is C17H19FN2O4. The van der Waals surface area contributed by atoms with Crippen molar-refractivity contribution in [1.29, 1.82) is 0 Å². The molecule has 0 aliphatic carbocycles. The fraction of sp³-hybridized carbons (Fsp3) is 0.471. The summed E-state index contributed by atoms with van der Waals surface area (Å²) in [5.41, 5.74) is -0.0364. The molecule has 128 valence electrons. The van der Waals surface area contributed by atoms with Gasteiger partial charge in [-0.05, 0) is 36.0 Å². The lowest BCUT2D eigenvalue weighted by molar-refractivity contribution is -0.145. The number of hydrogen-bond donors (Lipinski definition) is 2. The standard InChI is InChI=1S/C17H19FN2O4/c18-12-3-1-11(2-4-12)15(23)16(24)20-7-5-17(6-8-20)9-13(21)19-14(22)10-17/h1-4,15,23H,5-10H2,(H,19,21,22)/t15-/m1/s1. The summed E-state index contributed by atoms with van der Waals surface area (Å²) in [4.78, 5) is 37.2. The van der Waals surface area contributed by atoms with E-state index in [0.29, 0.717) is 44.3 Å². The highest BCUT2D eigenvalue weighted by atomic mass is 19.1. The van der Waals surface area contributed by atoms with Crippen LogP contribution in [0.3, 0.4) is 0 Å². The van der Waals surface area contributed by atoms with Crippen molar-refractivity contribution < 1.29 is 23.9 Å². The van der Waals surface area contributed by atoms with Gasteiger partial charge in [-0.1, -0.05) is 12.1 Å². The average molecular weight is 334 g/mol. The number of piperidine rings is 2. The summed E-state index contributed by atoms with van der Waals surface area (Å²) >= 11 is 0. The van der Waals surface area contributed by atoms with E-state index < -0.39 is 17.8 Å². The van der Waals surface area contributed by atoms with Crippen molar-refractivity contribution in [2.24, 2.45) is 5.41 Å². The van der Waals surface area contributed by atoms with Crippen LogP contribution in [0.1, 0.15) is 37.4 Å². The molecule has 3 amide bonds. The molecule has 0 saturated carbocycles. The Balaban J connectivity index is 1.63. The first-order valence-electron chi connectivity index (χ1n) is 7.94. The van der Waals surface area contributed by atoms with E-state index in [1.54, 1.807) is 0 Å². The van der Waals surface area contributed by atoms with E-state index in [-0.39, 0.29) is 17.2 Å². The minimum atomic E-state index is -1.34. The maximum Gasteiger partial charge on any atom is 0.256 e. The zero-order valence-corrected chi connectivity index (χ0v) is 13.1. The van der Waals surface area contributed by atoms with Gasteiger partial charge >= 0.3 is 0 Å². The van der Waals surface area contributed by atoms with Crippen LogP contribution in [0.25, 0.3) is 0 Å². The summed E-state index contributed by atoms with van der Waals surface area (Å²) in [6, 6.07) is 5.16. The predicted molar refractivity (Wildman–Crippen MR) is 82.0 cm³/mol. The zero-order valence-electron chi connectivity index (χ0n) is 13.1. The third kappa shape index (κ3) is 3.31. The molecule has 1 aromatic rings. The Labute approximate surface area is 138 Å². The average Bonchev–Trinajstić information content (AvgIpc) is 2.54. The van der Waals surface area contributed by atoms with Gasteiger partial charge < -0.3 is 10.0 Å². The van der Waals surface area contributed by atoms with E-state index in [2.05, 4.69) is 5.32 Å². The molecule has 0 bridgehead atoms. The van der Waals surface area contributed by atoms with Gasteiger partial charge in [-0.2, -0.15) is 0 Å². The second-order valence-corrected chi connectivity index (χ2v) is 6.60. The van der Waals surface area contributed by atoms with Gasteiger partial charge in [0.2, 0.25) is 11.8 Å². The zero-order chi connectivity index (χ0) is 17.3. The van der Waals surface area contributed by atoms with Crippen LogP contribution in [0.15, 0.2) is 24.3 Å². The number of aliphatic hydroxyl groups is 1. The second kappa shape index (κ2) is 6.32. The Bertz CT molecular complexity index is 648. The molecule has 24 heavy (non-hydrogen) atoms. The first-order chi connectivity index (χ1) is 11.4. The van der Waals surface area contributed by atoms with Gasteiger partial charge in [0.25, 0.3) is 5.91 Å². The lowest BCUT2D eigenvalue weighted by Crippen LogP contribution is -2.51. The van der Waals surface area contributed by atoms with Gasteiger partial charge in [0, 0.05) is 25.9 Å². The number of hydrogen-bond acceptors (Lipinski definition) is 4. The van der Waals surface area contributed by atoms with E-state index in [0.717, 1.165) is 0 Å². The summed E-state index contributed by atoms with van der Waals surface area (Å²) < 4.78 is 12.9. The Kier molecular flexibility index (Phi) is 4.36. The molecule has 2 saturated heterocycles. The molecule has 2 N–H and O–H groups in total. The van der Waals surface area contributed by atoms with Gasteiger partial charge in [0.15, 0.2) is 6.10 Å². The minimum Gasteiger partial charge on any atom is -0.378 e. The van der Waals surface area contributed by atoms with Crippen molar-refractivity contribution in [2.75, 3.05) is 13.1 Å². The van der Waals surface area contributed by atoms with Crippen molar-refractivity contribution in [2.45, 2.75) is 31.8 Å². The molecule has 0 unspecified atom stereocenters. The molecule has 2 heterocycles. The SMILES string of the molecule is O=C1CC2(CCN(C(=O)[C@H](O)c3ccc(F)cc3)CC2)CC(=O)N1. The monoisotopic (exact) mass is 334 g/mol. The number of imide groups is 1. The number of halogens is 1. The molecule has 1 atom stereocenters. The maximum atomic E-state index is 12.9.